The number of hydrogen-bond acceptors (Lipinski definition) is 2. The van der Waals surface area contributed by atoms with Gasteiger partial charge in [-0.1, -0.05) is 15.9 Å². The number of hydrogen-bond donors (Lipinski definition) is 0. The lowest BCUT2D eigenvalue weighted by atomic mass is 10.1. The van der Waals surface area contributed by atoms with Gasteiger partial charge in [0.2, 0.25) is 0 Å². The van der Waals surface area contributed by atoms with Crippen molar-refractivity contribution in [2.45, 2.75) is 4.83 Å². The number of nitriles is 1. The molecule has 0 saturated heterocycles. The van der Waals surface area contributed by atoms with E-state index in [0.29, 0.717) is 11.3 Å². The average molecular weight is 244 g/mol. The fourth-order valence-corrected chi connectivity index (χ4v) is 1.19. The van der Waals surface area contributed by atoms with Crippen molar-refractivity contribution >= 4 is 15.9 Å². The van der Waals surface area contributed by atoms with Crippen LogP contribution in [0.25, 0.3) is 0 Å². The number of methoxy groups -OCH3 is 1. The van der Waals surface area contributed by atoms with E-state index in [1.165, 1.54) is 19.2 Å². The van der Waals surface area contributed by atoms with Crippen LogP contribution in [0.15, 0.2) is 18.2 Å². The van der Waals surface area contributed by atoms with Crippen LogP contribution < -0.4 is 4.74 Å². The highest BCUT2D eigenvalue weighted by Crippen LogP contribution is 2.26. The molecular weight excluding hydrogens is 237 g/mol. The molecule has 1 rings (SSSR count). The van der Waals surface area contributed by atoms with E-state index in [9.17, 15) is 4.39 Å². The van der Waals surface area contributed by atoms with Gasteiger partial charge in [0, 0.05) is 6.07 Å². The van der Waals surface area contributed by atoms with Crippen LogP contribution in [0.3, 0.4) is 0 Å². The molecule has 0 saturated carbocycles. The first-order valence-corrected chi connectivity index (χ1v) is 4.47. The standard InChI is InChI=1S/C9H7BrFNO/c1-13-8-3-6(9(10)5-12)2-7(11)4-8/h2-4,9H,1H3. The molecule has 0 heterocycles. The largest absolute Gasteiger partial charge is 0.497 e. The molecule has 0 radical (unpaired) electrons. The predicted octanol–water partition coefficient (Wildman–Crippen LogP) is 2.79. The lowest BCUT2D eigenvalue weighted by molar-refractivity contribution is 0.411. The van der Waals surface area contributed by atoms with Crippen LogP contribution in [0.5, 0.6) is 5.75 Å². The third kappa shape index (κ3) is 2.43. The zero-order valence-electron chi connectivity index (χ0n) is 6.92. The smallest absolute Gasteiger partial charge is 0.127 e. The summed E-state index contributed by atoms with van der Waals surface area (Å²) in [6, 6.07) is 6.13. The Kier molecular flexibility index (Phi) is 3.26. The van der Waals surface area contributed by atoms with E-state index in [-0.39, 0.29) is 0 Å². The molecule has 0 N–H and O–H groups in total. The van der Waals surface area contributed by atoms with E-state index in [0.717, 1.165) is 0 Å². The normalized spacial score (nSPS) is 11.8. The van der Waals surface area contributed by atoms with Crippen LogP contribution in [0.4, 0.5) is 4.39 Å². The lowest BCUT2D eigenvalue weighted by Crippen LogP contribution is -1.91. The minimum Gasteiger partial charge on any atom is -0.497 e. The molecule has 0 bridgehead atoms. The fraction of sp³-hybridized carbons (Fsp3) is 0.222. The van der Waals surface area contributed by atoms with Crippen molar-refractivity contribution in [3.8, 4) is 11.8 Å². The van der Waals surface area contributed by atoms with Crippen LogP contribution in [-0.2, 0) is 0 Å². The minimum absolute atomic E-state index is 0.408. The Balaban J connectivity index is 3.10. The molecule has 13 heavy (non-hydrogen) atoms. The second-order valence-corrected chi connectivity index (χ2v) is 3.33. The maximum atomic E-state index is 12.9. The predicted molar refractivity (Wildman–Crippen MR) is 50.2 cm³/mol. The van der Waals surface area contributed by atoms with Crippen molar-refractivity contribution in [1.29, 1.82) is 5.26 Å². The van der Waals surface area contributed by atoms with E-state index < -0.39 is 10.6 Å². The van der Waals surface area contributed by atoms with Gasteiger partial charge in [0.15, 0.2) is 0 Å². The van der Waals surface area contributed by atoms with E-state index in [2.05, 4.69) is 15.9 Å². The molecule has 0 aliphatic heterocycles. The summed E-state index contributed by atoms with van der Waals surface area (Å²) < 4.78 is 17.8. The van der Waals surface area contributed by atoms with E-state index in [4.69, 9.17) is 10.00 Å². The maximum absolute atomic E-state index is 12.9. The number of halogens is 2. The van der Waals surface area contributed by atoms with Gasteiger partial charge in [-0.15, -0.1) is 0 Å². The summed E-state index contributed by atoms with van der Waals surface area (Å²) in [5.74, 6) is 0.00347. The highest BCUT2D eigenvalue weighted by molar-refractivity contribution is 9.09. The van der Waals surface area contributed by atoms with Crippen molar-refractivity contribution < 1.29 is 9.13 Å². The van der Waals surface area contributed by atoms with Crippen LogP contribution in [0.2, 0.25) is 0 Å². The van der Waals surface area contributed by atoms with Gasteiger partial charge in [-0.2, -0.15) is 5.26 Å². The third-order valence-electron chi connectivity index (χ3n) is 1.54. The van der Waals surface area contributed by atoms with Crippen molar-refractivity contribution in [2.75, 3.05) is 7.11 Å². The second kappa shape index (κ2) is 4.24. The Hall–Kier alpha value is -1.08. The lowest BCUT2D eigenvalue weighted by Gasteiger charge is -2.04. The van der Waals surface area contributed by atoms with Crippen molar-refractivity contribution in [3.63, 3.8) is 0 Å². The summed E-state index contributed by atoms with van der Waals surface area (Å²) in [5.41, 5.74) is 0.555. The molecular formula is C9H7BrFNO. The summed E-state index contributed by atoms with van der Waals surface area (Å²) in [6.07, 6.45) is 0. The van der Waals surface area contributed by atoms with Crippen LogP contribution in [0.1, 0.15) is 10.4 Å². The van der Waals surface area contributed by atoms with Crippen molar-refractivity contribution in [3.05, 3.63) is 29.6 Å². The molecule has 1 aromatic carbocycles. The molecule has 0 aromatic heterocycles. The zero-order chi connectivity index (χ0) is 9.84. The van der Waals surface area contributed by atoms with Gasteiger partial charge in [-0.25, -0.2) is 4.39 Å². The third-order valence-corrected chi connectivity index (χ3v) is 2.27. The summed E-state index contributed by atoms with van der Waals surface area (Å²) >= 11 is 3.10. The number of benzene rings is 1. The van der Waals surface area contributed by atoms with Gasteiger partial charge >= 0.3 is 0 Å². The number of rotatable bonds is 2. The molecule has 1 aromatic rings. The molecule has 1 atom stereocenters. The number of ether oxygens (including phenoxy) is 1. The van der Waals surface area contributed by atoms with Crippen molar-refractivity contribution in [2.24, 2.45) is 0 Å². The molecule has 0 amide bonds. The van der Waals surface area contributed by atoms with Crippen LogP contribution in [-0.4, -0.2) is 7.11 Å². The molecule has 68 valence electrons. The molecule has 2 nitrogen and oxygen atoms in total. The Morgan fingerprint density at radius 2 is 2.23 bits per heavy atom. The zero-order valence-corrected chi connectivity index (χ0v) is 8.51. The number of nitrogens with zero attached hydrogens (tertiary/aromatic N) is 1. The highest BCUT2D eigenvalue weighted by Gasteiger charge is 2.08. The summed E-state index contributed by atoms with van der Waals surface area (Å²) in [4.78, 5) is -0.503. The Labute approximate surface area is 84.1 Å². The van der Waals surface area contributed by atoms with Crippen LogP contribution >= 0.6 is 15.9 Å². The summed E-state index contributed by atoms with van der Waals surface area (Å²) in [6.45, 7) is 0. The Morgan fingerprint density at radius 3 is 2.77 bits per heavy atom. The van der Waals surface area contributed by atoms with Crippen LogP contribution in [0, 0.1) is 17.1 Å². The molecule has 0 fully saturated rings. The Bertz CT molecular complexity index is 348. The average Bonchev–Trinajstić information content (AvgIpc) is 2.15. The van der Waals surface area contributed by atoms with Gasteiger partial charge in [-0.05, 0) is 17.7 Å². The molecule has 0 spiro atoms. The first-order valence-electron chi connectivity index (χ1n) is 3.55. The van der Waals surface area contributed by atoms with Gasteiger partial charge < -0.3 is 4.74 Å². The topological polar surface area (TPSA) is 33.0 Å². The maximum Gasteiger partial charge on any atom is 0.127 e. The van der Waals surface area contributed by atoms with E-state index >= 15 is 0 Å². The highest BCUT2D eigenvalue weighted by atomic mass is 79.9. The summed E-state index contributed by atoms with van der Waals surface area (Å²) in [7, 11) is 1.45. The van der Waals surface area contributed by atoms with E-state index in [1.807, 2.05) is 6.07 Å². The van der Waals surface area contributed by atoms with Gasteiger partial charge in [0.25, 0.3) is 0 Å². The number of alkyl halides is 1. The fourth-order valence-electron chi connectivity index (χ4n) is 0.923. The van der Waals surface area contributed by atoms with Gasteiger partial charge in [-0.3, -0.25) is 0 Å². The molecule has 0 aliphatic rings. The summed E-state index contributed by atoms with van der Waals surface area (Å²) in [5, 5.41) is 8.58. The monoisotopic (exact) mass is 243 g/mol. The first-order chi connectivity index (χ1) is 6.17. The van der Waals surface area contributed by atoms with Gasteiger partial charge in [0.1, 0.15) is 16.4 Å². The SMILES string of the molecule is COc1cc(F)cc(C(Br)C#N)c1. The van der Waals surface area contributed by atoms with Gasteiger partial charge in [0.05, 0.1) is 13.2 Å². The van der Waals surface area contributed by atoms with E-state index in [1.54, 1.807) is 6.07 Å². The van der Waals surface area contributed by atoms with Crippen molar-refractivity contribution in [1.82, 2.24) is 0 Å². The first kappa shape index (κ1) is 10.0. The molecule has 1 unspecified atom stereocenters. The second-order valence-electron chi connectivity index (χ2n) is 2.42. The Morgan fingerprint density at radius 1 is 1.54 bits per heavy atom. The molecule has 0 aliphatic carbocycles. The molecule has 4 heteroatoms. The quantitative estimate of drug-likeness (QED) is 0.749. The minimum atomic E-state index is -0.503.